The van der Waals surface area contributed by atoms with E-state index in [1.165, 1.54) is 6.07 Å². The van der Waals surface area contributed by atoms with Crippen molar-refractivity contribution in [3.8, 4) is 0 Å². The topological polar surface area (TPSA) is 83.7 Å². The Morgan fingerprint density at radius 1 is 1.23 bits per heavy atom. The summed E-state index contributed by atoms with van der Waals surface area (Å²) in [5.41, 5.74) is 0.774. The molecule has 1 aliphatic rings. The van der Waals surface area contributed by atoms with E-state index in [0.29, 0.717) is 43.2 Å². The minimum Gasteiger partial charge on any atom is -0.462 e. The molecule has 2 N–H and O–H groups in total. The molecule has 3 rings (SSSR count). The van der Waals surface area contributed by atoms with E-state index in [0.717, 1.165) is 12.1 Å². The molecule has 1 aromatic carbocycles. The van der Waals surface area contributed by atoms with Gasteiger partial charge in [-0.3, -0.25) is 4.79 Å². The monoisotopic (exact) mass is 439 g/mol. The molecule has 2 heterocycles. The van der Waals surface area contributed by atoms with Crippen LogP contribution in [0.5, 0.6) is 0 Å². The molecule has 168 valence electrons. The molecule has 1 amide bonds. The Hall–Kier alpha value is -3.01. The number of hydrogen-bond donors (Lipinski definition) is 2. The van der Waals surface area contributed by atoms with Gasteiger partial charge in [0.2, 0.25) is 0 Å². The highest BCUT2D eigenvalue weighted by Crippen LogP contribution is 2.36. The number of alkyl halides is 3. The van der Waals surface area contributed by atoms with Gasteiger partial charge in [0.05, 0.1) is 42.3 Å². The van der Waals surface area contributed by atoms with Crippen LogP contribution in [-0.4, -0.2) is 49.8 Å². The van der Waals surface area contributed by atoms with Crippen LogP contribution in [0.2, 0.25) is 0 Å². The summed E-state index contributed by atoms with van der Waals surface area (Å²) in [5.74, 6) is -1.22. The van der Waals surface area contributed by atoms with Gasteiger partial charge in [-0.15, -0.1) is 0 Å². The average Bonchev–Trinajstić information content (AvgIpc) is 3.02. The van der Waals surface area contributed by atoms with Gasteiger partial charge in [0.15, 0.2) is 0 Å². The first-order valence-corrected chi connectivity index (χ1v) is 9.85. The van der Waals surface area contributed by atoms with Crippen LogP contribution in [-0.2, 0) is 15.7 Å². The normalized spacial score (nSPS) is 14.5. The number of carbonyl (C=O) groups excluding carboxylic acids is 2. The number of carbonyl (C=O) groups is 2. The van der Waals surface area contributed by atoms with Crippen LogP contribution in [0.4, 0.5) is 24.5 Å². The molecule has 0 spiro atoms. The Labute approximate surface area is 177 Å². The molecule has 1 aliphatic heterocycles. The zero-order valence-electron chi connectivity index (χ0n) is 17.5. The summed E-state index contributed by atoms with van der Waals surface area (Å²) in [6.07, 6.45) is -4.56. The largest absolute Gasteiger partial charge is 0.462 e. The lowest BCUT2D eigenvalue weighted by molar-refractivity contribution is -0.137. The van der Waals surface area contributed by atoms with E-state index in [1.54, 1.807) is 20.8 Å². The lowest BCUT2D eigenvalue weighted by Gasteiger charge is -2.31. The van der Waals surface area contributed by atoms with Crippen molar-refractivity contribution in [3.05, 3.63) is 46.3 Å². The summed E-state index contributed by atoms with van der Waals surface area (Å²) < 4.78 is 50.2. The zero-order valence-corrected chi connectivity index (χ0v) is 17.5. The Balaban J connectivity index is 1.96. The second kappa shape index (κ2) is 9.01. The highest BCUT2D eigenvalue weighted by Gasteiger charge is 2.32. The first kappa shape index (κ1) is 22.7. The summed E-state index contributed by atoms with van der Waals surface area (Å²) in [6.45, 7) is 6.91. The molecule has 0 saturated carbocycles. The quantitative estimate of drug-likeness (QED) is 0.690. The number of aromatic amines is 1. The van der Waals surface area contributed by atoms with Crippen LogP contribution >= 0.6 is 0 Å². The third kappa shape index (κ3) is 4.84. The molecule has 10 heteroatoms. The molecule has 0 unspecified atom stereocenters. The molecule has 0 atom stereocenters. The van der Waals surface area contributed by atoms with Crippen LogP contribution in [0, 0.1) is 13.8 Å². The number of rotatable bonds is 5. The van der Waals surface area contributed by atoms with E-state index in [4.69, 9.17) is 9.47 Å². The van der Waals surface area contributed by atoms with E-state index in [2.05, 4.69) is 10.3 Å². The van der Waals surface area contributed by atoms with Gasteiger partial charge in [-0.25, -0.2) is 4.79 Å². The van der Waals surface area contributed by atoms with Gasteiger partial charge in [-0.1, -0.05) is 0 Å². The number of nitrogens with one attached hydrogen (secondary N) is 2. The Bertz CT molecular complexity index is 979. The smallest absolute Gasteiger partial charge is 0.416 e. The number of hydrogen-bond acceptors (Lipinski definition) is 5. The number of anilines is 2. The van der Waals surface area contributed by atoms with Crippen molar-refractivity contribution in [2.24, 2.45) is 0 Å². The number of benzene rings is 1. The number of esters is 1. The molecule has 0 bridgehead atoms. The van der Waals surface area contributed by atoms with Crippen LogP contribution in [0.25, 0.3) is 0 Å². The van der Waals surface area contributed by atoms with Gasteiger partial charge < -0.3 is 24.7 Å². The van der Waals surface area contributed by atoms with E-state index in [1.807, 2.05) is 4.90 Å². The van der Waals surface area contributed by atoms with Crippen molar-refractivity contribution in [1.82, 2.24) is 4.98 Å². The molecular formula is C21H24F3N3O4. The Kier molecular flexibility index (Phi) is 6.59. The van der Waals surface area contributed by atoms with Crippen molar-refractivity contribution in [1.29, 1.82) is 0 Å². The van der Waals surface area contributed by atoms with Gasteiger partial charge in [0, 0.05) is 18.8 Å². The molecular weight excluding hydrogens is 415 g/mol. The van der Waals surface area contributed by atoms with Crippen LogP contribution < -0.4 is 10.2 Å². The first-order chi connectivity index (χ1) is 14.6. The van der Waals surface area contributed by atoms with E-state index in [-0.39, 0.29) is 23.6 Å². The predicted octanol–water partition coefficient (Wildman–Crippen LogP) is 3.92. The molecule has 1 fully saturated rings. The fourth-order valence-corrected chi connectivity index (χ4v) is 3.56. The molecule has 0 radical (unpaired) electrons. The average molecular weight is 439 g/mol. The fraction of sp³-hybridized carbons (Fsp3) is 0.429. The van der Waals surface area contributed by atoms with Crippen LogP contribution in [0.1, 0.15) is 44.6 Å². The fourth-order valence-electron chi connectivity index (χ4n) is 3.56. The first-order valence-electron chi connectivity index (χ1n) is 9.85. The van der Waals surface area contributed by atoms with Gasteiger partial charge in [-0.2, -0.15) is 13.2 Å². The Morgan fingerprint density at radius 3 is 2.52 bits per heavy atom. The zero-order chi connectivity index (χ0) is 22.8. The highest BCUT2D eigenvalue weighted by atomic mass is 19.4. The highest BCUT2D eigenvalue weighted by molar-refractivity contribution is 6.08. The van der Waals surface area contributed by atoms with Crippen LogP contribution in [0.15, 0.2) is 18.2 Å². The van der Waals surface area contributed by atoms with E-state index in [9.17, 15) is 22.8 Å². The minimum absolute atomic E-state index is 0.0334. The van der Waals surface area contributed by atoms with Gasteiger partial charge >= 0.3 is 12.1 Å². The van der Waals surface area contributed by atoms with E-state index < -0.39 is 23.6 Å². The summed E-state index contributed by atoms with van der Waals surface area (Å²) in [6, 6.07) is 3.25. The molecule has 1 aromatic heterocycles. The number of aryl methyl sites for hydroxylation is 1. The molecule has 0 aliphatic carbocycles. The standard InChI is InChI=1S/C21H24F3N3O4/c1-4-31-20(29)17-12(2)18(25-13(17)3)19(28)26-15-11-14(21(22,23)24)5-6-16(15)27-7-9-30-10-8-27/h5-6,11,25H,4,7-10H2,1-3H3,(H,26,28). The maximum Gasteiger partial charge on any atom is 0.416 e. The maximum atomic E-state index is 13.3. The van der Waals surface area contributed by atoms with Gasteiger partial charge in [0.1, 0.15) is 5.69 Å². The summed E-state index contributed by atoms with van der Waals surface area (Å²) in [7, 11) is 0. The van der Waals surface area contributed by atoms with Crippen molar-refractivity contribution in [2.75, 3.05) is 43.1 Å². The number of aromatic nitrogens is 1. The van der Waals surface area contributed by atoms with Crippen molar-refractivity contribution < 1.29 is 32.2 Å². The van der Waals surface area contributed by atoms with Crippen molar-refractivity contribution in [2.45, 2.75) is 26.9 Å². The van der Waals surface area contributed by atoms with Crippen molar-refractivity contribution >= 4 is 23.3 Å². The third-order valence-corrected chi connectivity index (χ3v) is 5.07. The summed E-state index contributed by atoms with van der Waals surface area (Å²) in [4.78, 5) is 29.8. The maximum absolute atomic E-state index is 13.3. The van der Waals surface area contributed by atoms with Crippen molar-refractivity contribution in [3.63, 3.8) is 0 Å². The number of morpholine rings is 1. The van der Waals surface area contributed by atoms with E-state index >= 15 is 0 Å². The second-order valence-electron chi connectivity index (χ2n) is 7.13. The lowest BCUT2D eigenvalue weighted by Crippen LogP contribution is -2.37. The Morgan fingerprint density at radius 2 is 1.90 bits per heavy atom. The van der Waals surface area contributed by atoms with Gasteiger partial charge in [0.25, 0.3) is 5.91 Å². The number of nitrogens with zero attached hydrogens (tertiary/aromatic N) is 1. The number of ether oxygens (including phenoxy) is 2. The molecule has 2 aromatic rings. The second-order valence-corrected chi connectivity index (χ2v) is 7.13. The number of amides is 1. The summed E-state index contributed by atoms with van der Waals surface area (Å²) in [5, 5.41) is 2.58. The molecule has 7 nitrogen and oxygen atoms in total. The molecule has 1 saturated heterocycles. The third-order valence-electron chi connectivity index (χ3n) is 5.07. The number of halogens is 3. The van der Waals surface area contributed by atoms with Crippen LogP contribution in [0.3, 0.4) is 0 Å². The minimum atomic E-state index is -4.56. The summed E-state index contributed by atoms with van der Waals surface area (Å²) >= 11 is 0. The predicted molar refractivity (Wildman–Crippen MR) is 109 cm³/mol. The molecule has 31 heavy (non-hydrogen) atoms. The lowest BCUT2D eigenvalue weighted by atomic mass is 10.1. The van der Waals surface area contributed by atoms with Gasteiger partial charge in [-0.05, 0) is 44.5 Å². The number of H-pyrrole nitrogens is 1. The SMILES string of the molecule is CCOC(=O)c1c(C)[nH]c(C(=O)Nc2cc(C(F)(F)F)ccc2N2CCOCC2)c1C.